The summed E-state index contributed by atoms with van der Waals surface area (Å²) in [6.45, 7) is 35.2. The molecular formula is C91H148N22O26. The third-order valence-corrected chi connectivity index (χ3v) is 22.7. The second-order valence-corrected chi connectivity index (χ2v) is 39.9. The van der Waals surface area contributed by atoms with Crippen LogP contribution >= 0.6 is 0 Å². The predicted molar refractivity (Wildman–Crippen MR) is 503 cm³/mol. The average molecular weight is 1970 g/mol. The Hall–Kier alpha value is -13.5. The maximum atomic E-state index is 14.6. The summed E-state index contributed by atoms with van der Waals surface area (Å²) >= 11 is 0. The summed E-state index contributed by atoms with van der Waals surface area (Å²) in [5.74, 6) is -24.1. The molecule has 0 aliphatic carbocycles. The SMILES string of the molecule is CC[C@@](C)(NC(=O)C(C)(C)NC(=O)[C@@H](NC(=O)[C@@H]1CCCN1C(=O)C(C)(C)NC(=O)[C@H](CC(C)C)NC(=O)CNC(=O)C(C)(C)NC(=O)[C@@H](NC(=O)C(C)(C)NC(=O)[C@H](CCC(N)=O)NC(=O)[C@H](C)NC(=O)C(C)(C)NC(=O)[C@H](C)NC(=O)C(C)(C)NC(=O)[C@H](C)NC(=O)C(C)(C)NC(C)=O)C(C)C)C(C)C)C(=O)N[C@@H](CCC(=O)O)C(=O)N[C@@H](CCC(N)=O)C(=O)N[C@@H](Cc1ccccc1)C(=O)O. The highest BCUT2D eigenvalue weighted by Crippen LogP contribution is 2.25. The van der Waals surface area contributed by atoms with Crippen LogP contribution in [0.3, 0.4) is 0 Å². The van der Waals surface area contributed by atoms with Gasteiger partial charge in [-0.25, -0.2) is 4.79 Å². The number of rotatable bonds is 55. The van der Waals surface area contributed by atoms with Crippen LogP contribution in [0.2, 0.25) is 0 Å². The Morgan fingerprint density at radius 3 is 1.19 bits per heavy atom. The van der Waals surface area contributed by atoms with Crippen LogP contribution in [0.5, 0.6) is 0 Å². The van der Waals surface area contributed by atoms with Gasteiger partial charge in [-0.1, -0.05) is 78.8 Å². The number of carboxylic acids is 2. The zero-order valence-corrected chi connectivity index (χ0v) is 84.5. The van der Waals surface area contributed by atoms with Gasteiger partial charge in [-0.05, 0) is 193 Å². The van der Waals surface area contributed by atoms with Gasteiger partial charge in [-0.3, -0.25) is 110 Å². The molecule has 0 unspecified atom stereocenters. The van der Waals surface area contributed by atoms with Crippen LogP contribution in [-0.2, 0) is 121 Å². The molecule has 139 heavy (non-hydrogen) atoms. The molecule has 0 radical (unpaired) electrons. The van der Waals surface area contributed by atoms with E-state index < -0.39 is 310 Å². The Balaban J connectivity index is 2.19. The number of benzene rings is 1. The van der Waals surface area contributed by atoms with Gasteiger partial charge in [0.05, 0.1) is 6.54 Å². The number of aliphatic carboxylic acids is 2. The van der Waals surface area contributed by atoms with Crippen molar-refractivity contribution in [3.8, 4) is 0 Å². The molecule has 1 aliphatic heterocycles. The number of carbonyl (C=O) groups is 24. The number of likely N-dealkylation sites (tertiary alicyclic amines) is 1. The van der Waals surface area contributed by atoms with Gasteiger partial charge in [0.1, 0.15) is 111 Å². The topological polar surface area (TPSA) is 734 Å². The zero-order valence-electron chi connectivity index (χ0n) is 84.5. The highest BCUT2D eigenvalue weighted by atomic mass is 16.4. The molecule has 1 aliphatic rings. The van der Waals surface area contributed by atoms with Crippen LogP contribution < -0.4 is 112 Å². The summed E-state index contributed by atoms with van der Waals surface area (Å²) in [6.07, 6.45) is -3.10. The Labute approximate surface area is 809 Å². The van der Waals surface area contributed by atoms with Gasteiger partial charge in [0, 0.05) is 39.2 Å². The molecule has 1 aromatic carbocycles. The van der Waals surface area contributed by atoms with Crippen molar-refractivity contribution in [2.24, 2.45) is 29.2 Å². The van der Waals surface area contributed by atoms with E-state index in [0.717, 1.165) is 0 Å². The predicted octanol–water partition coefficient (Wildman–Crippen LogP) is -4.35. The van der Waals surface area contributed by atoms with E-state index in [1.165, 1.54) is 143 Å². The van der Waals surface area contributed by atoms with Crippen molar-refractivity contribution >= 4 is 142 Å². The number of amides is 22. The van der Waals surface area contributed by atoms with E-state index in [-0.39, 0.29) is 38.1 Å². The van der Waals surface area contributed by atoms with Crippen LogP contribution in [0.4, 0.5) is 0 Å². The molecule has 1 saturated heterocycles. The van der Waals surface area contributed by atoms with E-state index in [2.05, 4.69) is 101 Å². The fourth-order valence-corrected chi connectivity index (χ4v) is 13.7. The molecule has 48 heteroatoms. The van der Waals surface area contributed by atoms with Gasteiger partial charge >= 0.3 is 11.9 Å². The summed E-state index contributed by atoms with van der Waals surface area (Å²) in [6, 6.07) is -7.59. The smallest absolute Gasteiger partial charge is 0.326 e. The number of carbonyl (C=O) groups excluding carboxylic acids is 22. The first kappa shape index (κ1) is 122. The number of carboxylic acid groups (broad SMARTS) is 2. The van der Waals surface area contributed by atoms with Crippen molar-refractivity contribution in [1.29, 1.82) is 0 Å². The second kappa shape index (κ2) is 51.8. The summed E-state index contributed by atoms with van der Waals surface area (Å²) in [5.41, 5.74) is -2.89. The molecule has 0 aromatic heterocycles. The maximum Gasteiger partial charge on any atom is 0.326 e. The third-order valence-electron chi connectivity index (χ3n) is 22.7. The molecule has 0 saturated carbocycles. The molecular weight excluding hydrogens is 1820 g/mol. The molecule has 1 heterocycles. The van der Waals surface area contributed by atoms with E-state index in [1.54, 1.807) is 71.9 Å². The Kier molecular flexibility index (Phi) is 45.3. The second-order valence-electron chi connectivity index (χ2n) is 39.9. The molecule has 0 bridgehead atoms. The van der Waals surface area contributed by atoms with Crippen molar-refractivity contribution in [1.82, 2.24) is 106 Å². The molecule has 1 aromatic rings. The molecule has 12 atom stereocenters. The van der Waals surface area contributed by atoms with E-state index in [0.29, 0.717) is 12.0 Å². The Morgan fingerprint density at radius 1 is 0.388 bits per heavy atom. The van der Waals surface area contributed by atoms with Crippen LogP contribution in [0.25, 0.3) is 0 Å². The minimum absolute atomic E-state index is 0.00430. The minimum atomic E-state index is -1.92. The van der Waals surface area contributed by atoms with Crippen molar-refractivity contribution < 1.29 is 125 Å². The van der Waals surface area contributed by atoms with Gasteiger partial charge in [-0.2, -0.15) is 0 Å². The third kappa shape index (κ3) is 38.8. The molecule has 0 spiro atoms. The van der Waals surface area contributed by atoms with Gasteiger partial charge in [-0.15, -0.1) is 0 Å². The maximum absolute atomic E-state index is 14.6. The summed E-state index contributed by atoms with van der Waals surface area (Å²) in [7, 11) is 0. The molecule has 778 valence electrons. The zero-order chi connectivity index (χ0) is 107. The monoisotopic (exact) mass is 1970 g/mol. The van der Waals surface area contributed by atoms with Gasteiger partial charge in [0.2, 0.25) is 130 Å². The lowest BCUT2D eigenvalue weighted by Gasteiger charge is -2.36. The summed E-state index contributed by atoms with van der Waals surface area (Å²) in [4.78, 5) is 325. The first-order valence-electron chi connectivity index (χ1n) is 45.8. The van der Waals surface area contributed by atoms with Crippen molar-refractivity contribution in [3.05, 3.63) is 35.9 Å². The molecule has 1 fully saturated rings. The van der Waals surface area contributed by atoms with E-state index in [1.807, 2.05) is 0 Å². The van der Waals surface area contributed by atoms with E-state index >= 15 is 0 Å². The lowest BCUT2D eigenvalue weighted by molar-refractivity contribution is -0.146. The van der Waals surface area contributed by atoms with Gasteiger partial charge in [0.15, 0.2) is 0 Å². The highest BCUT2D eigenvalue weighted by molar-refractivity contribution is 6.05. The summed E-state index contributed by atoms with van der Waals surface area (Å²) in [5, 5.41) is 67.0. The number of hydrogen-bond donors (Lipinski definition) is 23. The lowest BCUT2D eigenvalue weighted by Crippen LogP contribution is -2.67. The minimum Gasteiger partial charge on any atom is -0.481 e. The standard InChI is InChI=1S/C91H148N22O26/c1-27-91(26,82(138)102-54(37-40-62(118)119)69(124)100-53(35-38-59(92)115)68(123)101-57(75(130)131)43-52-32-29-28-30-33-52)112-81(137)89(22,23)111-73(128)63(46(4)5)103-72(127)58-34-31-41-113(58)83(139)90(24,25)109-71(126)56(42-45(2)3)98-61(117)44-94-76(132)84(12,13)110-74(129)64(47(6)7)104-80(136)88(20,21)108-70(125)55(36-39-60(93)116)99-65(120)48(8)95-78(134)86(16,17)106-67(122)50(10)97-79(135)87(18,19)107-66(121)49(9)96-77(133)85(14,15)105-51(11)114/h28-30,32-33,45-50,53-58,63-64H,27,31,34-44H2,1-26H3,(H2,92,115)(H2,93,116)(H,94,132)(H,95,134)(H,96,133)(H,97,135)(H,98,117)(H,99,120)(H,100,124)(H,101,123)(H,102,138)(H,103,127)(H,104,136)(H,105,114)(H,106,122)(H,107,121)(H,108,125)(H,109,126)(H,110,129)(H,111,128)(H,112,137)(H,118,119)(H,130,131)/t48-,49-,50-,53-,54-,55-,56-,57-,58-,63-,64-,91+/m0/s1. The number of nitrogens with two attached hydrogens (primary N) is 2. The number of primary amides is 2. The van der Waals surface area contributed by atoms with Gasteiger partial charge in [0.25, 0.3) is 0 Å². The number of nitrogens with zero attached hydrogens (tertiary/aromatic N) is 1. The van der Waals surface area contributed by atoms with Crippen molar-refractivity contribution in [2.75, 3.05) is 13.1 Å². The van der Waals surface area contributed by atoms with Crippen LogP contribution in [0.1, 0.15) is 250 Å². The Bertz CT molecular complexity index is 4720. The van der Waals surface area contributed by atoms with Crippen LogP contribution in [0.15, 0.2) is 30.3 Å². The summed E-state index contributed by atoms with van der Waals surface area (Å²) < 4.78 is 0. The fraction of sp³-hybridized carbons (Fsp3) is 0.670. The van der Waals surface area contributed by atoms with E-state index in [4.69, 9.17) is 11.5 Å². The molecule has 2 rings (SSSR count). The van der Waals surface area contributed by atoms with Crippen molar-refractivity contribution in [3.63, 3.8) is 0 Å². The van der Waals surface area contributed by atoms with Crippen LogP contribution in [0, 0.1) is 17.8 Å². The number of nitrogens with one attached hydrogen (secondary N) is 19. The highest BCUT2D eigenvalue weighted by Gasteiger charge is 2.48. The van der Waals surface area contributed by atoms with E-state index in [9.17, 15) is 125 Å². The molecule has 22 amide bonds. The normalized spacial score (nSPS) is 15.6. The number of hydrogen-bond acceptors (Lipinski definition) is 24. The largest absolute Gasteiger partial charge is 0.481 e. The molecule has 48 nitrogen and oxygen atoms in total. The fourth-order valence-electron chi connectivity index (χ4n) is 13.7. The quantitative estimate of drug-likeness (QED) is 0.0293. The first-order valence-corrected chi connectivity index (χ1v) is 45.8. The molecule has 25 N–H and O–H groups in total. The average Bonchev–Trinajstić information content (AvgIpc) is 1.79. The lowest BCUT2D eigenvalue weighted by atomic mass is 9.93. The van der Waals surface area contributed by atoms with Gasteiger partial charge < -0.3 is 128 Å². The van der Waals surface area contributed by atoms with Crippen molar-refractivity contribution in [2.45, 2.75) is 361 Å². The van der Waals surface area contributed by atoms with Crippen LogP contribution in [-0.4, -0.2) is 281 Å². The Morgan fingerprint density at radius 2 is 0.763 bits per heavy atom. The first-order chi connectivity index (χ1) is 63.6.